The van der Waals surface area contributed by atoms with E-state index in [0.29, 0.717) is 29.6 Å². The quantitative estimate of drug-likeness (QED) is 0.579. The maximum absolute atomic E-state index is 13.5. The number of para-hydroxylation sites is 1. The van der Waals surface area contributed by atoms with Crippen LogP contribution >= 0.6 is 0 Å². The van der Waals surface area contributed by atoms with Gasteiger partial charge in [0.25, 0.3) is 5.91 Å². The summed E-state index contributed by atoms with van der Waals surface area (Å²) >= 11 is 0. The van der Waals surface area contributed by atoms with Gasteiger partial charge in [-0.2, -0.15) is 4.31 Å². The lowest BCUT2D eigenvalue weighted by atomic mass is 10.1. The Morgan fingerprint density at radius 1 is 0.968 bits per heavy atom. The number of hydrogen-bond acceptors (Lipinski definition) is 5. The molecule has 0 aliphatic carbocycles. The number of fused-ring (bicyclic) bond motifs is 1. The maximum Gasteiger partial charge on any atom is 0.340 e. The Morgan fingerprint density at radius 2 is 1.68 bits per heavy atom. The van der Waals surface area contributed by atoms with Crippen LogP contribution < -0.4 is 0 Å². The van der Waals surface area contributed by atoms with Crippen molar-refractivity contribution >= 4 is 32.8 Å². The summed E-state index contributed by atoms with van der Waals surface area (Å²) in [5.74, 6) is -0.944. The number of aryl methyl sites for hydroxylation is 1. The lowest BCUT2D eigenvalue weighted by Gasteiger charge is -2.26. The number of sulfonamides is 1. The van der Waals surface area contributed by atoms with E-state index in [0.717, 1.165) is 19.3 Å². The zero-order valence-electron chi connectivity index (χ0n) is 17.5. The summed E-state index contributed by atoms with van der Waals surface area (Å²) in [6, 6.07) is 11.7. The molecule has 1 fully saturated rings. The highest BCUT2D eigenvalue weighted by atomic mass is 32.2. The Balaban J connectivity index is 1.80. The van der Waals surface area contributed by atoms with Crippen LogP contribution in [0.2, 0.25) is 0 Å². The van der Waals surface area contributed by atoms with E-state index in [2.05, 4.69) is 0 Å². The van der Waals surface area contributed by atoms with Gasteiger partial charge < -0.3 is 4.74 Å². The van der Waals surface area contributed by atoms with Crippen molar-refractivity contribution in [2.24, 2.45) is 0 Å². The number of methoxy groups -OCH3 is 1. The summed E-state index contributed by atoms with van der Waals surface area (Å²) in [5.41, 5.74) is 1.76. The Morgan fingerprint density at radius 3 is 2.39 bits per heavy atom. The normalized spacial score (nSPS) is 15.2. The molecule has 0 atom stereocenters. The maximum atomic E-state index is 13.5. The minimum Gasteiger partial charge on any atom is -0.465 e. The van der Waals surface area contributed by atoms with Crippen LogP contribution in [0.15, 0.2) is 53.6 Å². The molecule has 31 heavy (non-hydrogen) atoms. The zero-order chi connectivity index (χ0) is 22.2. The van der Waals surface area contributed by atoms with E-state index in [9.17, 15) is 18.0 Å². The first-order valence-corrected chi connectivity index (χ1v) is 11.6. The third kappa shape index (κ3) is 3.77. The monoisotopic (exact) mass is 440 g/mol. The molecule has 1 saturated heterocycles. The topological polar surface area (TPSA) is 85.7 Å². The zero-order valence-corrected chi connectivity index (χ0v) is 18.3. The average Bonchev–Trinajstić information content (AvgIpc) is 3.18. The molecule has 0 unspecified atom stereocenters. The first kappa shape index (κ1) is 21.3. The molecule has 0 bridgehead atoms. The Labute approximate surface area is 181 Å². The van der Waals surface area contributed by atoms with Crippen molar-refractivity contribution in [2.75, 3.05) is 20.2 Å². The number of benzene rings is 2. The van der Waals surface area contributed by atoms with Gasteiger partial charge >= 0.3 is 5.97 Å². The molecule has 8 heteroatoms. The van der Waals surface area contributed by atoms with Gasteiger partial charge in [-0.15, -0.1) is 0 Å². The first-order chi connectivity index (χ1) is 14.8. The van der Waals surface area contributed by atoms with Gasteiger partial charge in [0.15, 0.2) is 0 Å². The summed E-state index contributed by atoms with van der Waals surface area (Å²) in [6.45, 7) is 2.74. The SMILES string of the molecule is COC(=O)c1cn(C(=O)c2cc(S(=O)(=O)N3CCCCC3)ccc2C)c2ccccc12. The lowest BCUT2D eigenvalue weighted by molar-refractivity contribution is 0.0603. The molecule has 1 aliphatic heterocycles. The molecule has 0 N–H and O–H groups in total. The molecule has 1 aliphatic rings. The second-order valence-corrected chi connectivity index (χ2v) is 9.61. The molecule has 4 rings (SSSR count). The van der Waals surface area contributed by atoms with Crippen molar-refractivity contribution in [2.45, 2.75) is 31.1 Å². The fourth-order valence-electron chi connectivity index (χ4n) is 4.00. The molecule has 0 amide bonds. The van der Waals surface area contributed by atoms with Crippen LogP contribution in [0.3, 0.4) is 0 Å². The molecule has 0 spiro atoms. The molecule has 1 aromatic heterocycles. The second-order valence-electron chi connectivity index (χ2n) is 7.67. The number of nitrogens with zero attached hydrogens (tertiary/aromatic N) is 2. The van der Waals surface area contributed by atoms with E-state index in [1.165, 1.54) is 28.2 Å². The summed E-state index contributed by atoms with van der Waals surface area (Å²) in [4.78, 5) is 25.8. The predicted octanol–water partition coefficient (Wildman–Crippen LogP) is 3.60. The van der Waals surface area contributed by atoms with E-state index >= 15 is 0 Å². The molecule has 0 saturated carbocycles. The lowest BCUT2D eigenvalue weighted by Crippen LogP contribution is -2.35. The third-order valence-corrected chi connectivity index (χ3v) is 7.62. The minimum absolute atomic E-state index is 0.105. The largest absolute Gasteiger partial charge is 0.465 e. The van der Waals surface area contributed by atoms with Crippen LogP contribution in [0.25, 0.3) is 10.9 Å². The van der Waals surface area contributed by atoms with E-state index in [4.69, 9.17) is 4.74 Å². The number of piperidine rings is 1. The smallest absolute Gasteiger partial charge is 0.340 e. The molecular formula is C23H24N2O5S. The van der Waals surface area contributed by atoms with Gasteiger partial charge in [0.1, 0.15) is 0 Å². The van der Waals surface area contributed by atoms with Crippen molar-refractivity contribution in [1.29, 1.82) is 0 Å². The summed E-state index contributed by atoms with van der Waals surface area (Å²) in [5, 5.41) is 0.595. The van der Waals surface area contributed by atoms with Crippen LogP contribution in [0.5, 0.6) is 0 Å². The van der Waals surface area contributed by atoms with Gasteiger partial charge in [0.05, 0.1) is 23.1 Å². The van der Waals surface area contributed by atoms with Crippen molar-refractivity contribution in [3.05, 3.63) is 65.4 Å². The predicted molar refractivity (Wildman–Crippen MR) is 117 cm³/mol. The summed E-state index contributed by atoms with van der Waals surface area (Å²) in [7, 11) is -2.39. The van der Waals surface area contributed by atoms with Crippen LogP contribution in [0.4, 0.5) is 0 Å². The van der Waals surface area contributed by atoms with Crippen LogP contribution in [-0.2, 0) is 14.8 Å². The minimum atomic E-state index is -3.67. The van der Waals surface area contributed by atoms with Crippen LogP contribution in [0.1, 0.15) is 45.5 Å². The number of rotatable bonds is 4. The van der Waals surface area contributed by atoms with Gasteiger partial charge in [0, 0.05) is 30.2 Å². The number of aromatic nitrogens is 1. The molecule has 7 nitrogen and oxygen atoms in total. The van der Waals surface area contributed by atoms with Crippen molar-refractivity contribution in [3.63, 3.8) is 0 Å². The van der Waals surface area contributed by atoms with Crippen molar-refractivity contribution in [3.8, 4) is 0 Å². The highest BCUT2D eigenvalue weighted by Gasteiger charge is 2.28. The van der Waals surface area contributed by atoms with Gasteiger partial charge in [-0.05, 0) is 43.5 Å². The summed E-state index contributed by atoms with van der Waals surface area (Å²) in [6.07, 6.45) is 4.14. The van der Waals surface area contributed by atoms with E-state index in [1.807, 2.05) is 0 Å². The third-order valence-electron chi connectivity index (χ3n) is 5.73. The van der Waals surface area contributed by atoms with Gasteiger partial charge in [-0.3, -0.25) is 9.36 Å². The summed E-state index contributed by atoms with van der Waals surface area (Å²) < 4.78 is 33.9. The first-order valence-electron chi connectivity index (χ1n) is 10.2. The molecule has 2 heterocycles. The number of esters is 1. The van der Waals surface area contributed by atoms with Gasteiger partial charge in [-0.1, -0.05) is 30.7 Å². The van der Waals surface area contributed by atoms with E-state index in [1.54, 1.807) is 43.3 Å². The Bertz CT molecular complexity index is 1270. The van der Waals surface area contributed by atoms with E-state index < -0.39 is 21.9 Å². The Kier molecular flexibility index (Phi) is 5.68. The highest BCUT2D eigenvalue weighted by molar-refractivity contribution is 7.89. The number of ether oxygens (including phenoxy) is 1. The van der Waals surface area contributed by atoms with Gasteiger partial charge in [0.2, 0.25) is 10.0 Å². The molecule has 162 valence electrons. The number of carbonyl (C=O) groups is 2. The van der Waals surface area contributed by atoms with E-state index in [-0.39, 0.29) is 16.0 Å². The highest BCUT2D eigenvalue weighted by Crippen LogP contribution is 2.26. The Hall–Kier alpha value is -2.97. The molecular weight excluding hydrogens is 416 g/mol. The fourth-order valence-corrected chi connectivity index (χ4v) is 5.54. The number of carbonyl (C=O) groups excluding carboxylic acids is 2. The molecule has 2 aromatic carbocycles. The molecule has 0 radical (unpaired) electrons. The average molecular weight is 441 g/mol. The standard InChI is InChI=1S/C23H24N2O5S/c1-16-10-11-17(31(28,29)24-12-6-3-7-13-24)14-19(16)22(26)25-15-20(23(27)30-2)18-8-4-5-9-21(18)25/h4-5,8-11,14-15H,3,6-7,12-13H2,1-2H3. The fraction of sp³-hybridized carbons (Fsp3) is 0.304. The van der Waals surface area contributed by atoms with Crippen molar-refractivity contribution < 1.29 is 22.7 Å². The van der Waals surface area contributed by atoms with Crippen LogP contribution in [-0.4, -0.2) is 49.4 Å². The van der Waals surface area contributed by atoms with Crippen molar-refractivity contribution in [1.82, 2.24) is 8.87 Å². The van der Waals surface area contributed by atoms with Gasteiger partial charge in [-0.25, -0.2) is 13.2 Å². The number of hydrogen-bond donors (Lipinski definition) is 0. The second kappa shape index (κ2) is 8.28. The van der Waals surface area contributed by atoms with Crippen LogP contribution in [0, 0.1) is 6.92 Å². The molecule has 3 aromatic rings.